The van der Waals surface area contributed by atoms with Gasteiger partial charge < -0.3 is 0 Å². The first-order chi connectivity index (χ1) is 8.00. The summed E-state index contributed by atoms with van der Waals surface area (Å²) < 4.78 is 0. The van der Waals surface area contributed by atoms with Gasteiger partial charge in [0.15, 0.2) is 0 Å². The van der Waals surface area contributed by atoms with Crippen LogP contribution in [0, 0.1) is 0 Å². The van der Waals surface area contributed by atoms with E-state index in [0.29, 0.717) is 0 Å². The zero-order valence-corrected chi connectivity index (χ0v) is 9.08. The molecule has 0 spiro atoms. The van der Waals surface area contributed by atoms with Crippen LogP contribution >= 0.6 is 0 Å². The molecule has 0 aliphatic heterocycles. The molecule has 0 nitrogen and oxygen atoms in total. The smallest absolute Gasteiger partial charge is 0.0115 e. The third kappa shape index (κ3) is 7.17. The highest BCUT2D eigenvalue weighted by Gasteiger charge is 1.64. The van der Waals surface area contributed by atoms with Gasteiger partial charge in [0.1, 0.15) is 0 Å². The summed E-state index contributed by atoms with van der Waals surface area (Å²) >= 11 is 0. The Bertz CT molecular complexity index is 406. The average molecular weight is 206 g/mol. The Morgan fingerprint density at radius 1 is 0.312 bits per heavy atom. The molecular formula is C16H14. The molecule has 1 rings (SSSR count). The normalized spacial score (nSPS) is 27.0. The number of hydrogen-bond donors (Lipinski definition) is 0. The minimum atomic E-state index is 1.82. The molecule has 0 heteroatoms. The van der Waals surface area contributed by atoms with E-state index in [4.69, 9.17) is 0 Å². The summed E-state index contributed by atoms with van der Waals surface area (Å²) in [5.41, 5.74) is 5.82. The van der Waals surface area contributed by atoms with Gasteiger partial charge in [-0.3, -0.25) is 0 Å². The topological polar surface area (TPSA) is 0 Å². The lowest BCUT2D eigenvalue weighted by Crippen LogP contribution is -1.53. The van der Waals surface area contributed by atoms with Crippen molar-refractivity contribution in [2.24, 2.45) is 0 Å². The summed E-state index contributed by atoms with van der Waals surface area (Å²) in [7, 11) is 0. The molecule has 0 amide bonds. The van der Waals surface area contributed by atoms with Gasteiger partial charge in [-0.1, -0.05) is 84.4 Å². The Morgan fingerprint density at radius 3 is 0.875 bits per heavy atom. The third-order valence-corrected chi connectivity index (χ3v) is 1.66. The maximum atomic E-state index is 2.91. The fourth-order valence-corrected chi connectivity index (χ4v) is 0.945. The summed E-state index contributed by atoms with van der Waals surface area (Å²) in [6.07, 6.45) is 27.2. The van der Waals surface area contributed by atoms with Crippen LogP contribution in [0.3, 0.4) is 0 Å². The minimum absolute atomic E-state index is 1.82. The third-order valence-electron chi connectivity index (χ3n) is 1.66. The van der Waals surface area contributed by atoms with Gasteiger partial charge in [0.25, 0.3) is 0 Å². The Labute approximate surface area is 97.0 Å². The Hall–Kier alpha value is -2.26. The first-order valence-electron chi connectivity index (χ1n) is 5.16. The van der Waals surface area contributed by atoms with Crippen molar-refractivity contribution in [2.75, 3.05) is 0 Å². The predicted octanol–water partition coefficient (Wildman–Crippen LogP) is 4.20. The van der Waals surface area contributed by atoms with E-state index >= 15 is 0 Å². The van der Waals surface area contributed by atoms with Crippen molar-refractivity contribution in [1.29, 1.82) is 0 Å². The quantitative estimate of drug-likeness (QED) is 0.521. The van der Waals surface area contributed by atoms with Crippen molar-refractivity contribution in [3.05, 3.63) is 96.5 Å². The van der Waals surface area contributed by atoms with Crippen LogP contribution in [0.15, 0.2) is 96.5 Å². The Kier molecular flexibility index (Phi) is 6.87. The second kappa shape index (κ2) is 9.30. The highest BCUT2D eigenvalue weighted by Crippen LogP contribution is 1.86. The zero-order chi connectivity index (χ0) is 11.3. The van der Waals surface area contributed by atoms with E-state index in [1.165, 1.54) is 0 Å². The van der Waals surface area contributed by atoms with E-state index in [9.17, 15) is 0 Å². The molecule has 1 aliphatic rings. The van der Waals surface area contributed by atoms with Gasteiger partial charge in [0.05, 0.1) is 0 Å². The lowest BCUT2D eigenvalue weighted by molar-refractivity contribution is 1.83. The largest absolute Gasteiger partial charge is 0.0702 e. The maximum Gasteiger partial charge on any atom is -0.0115 e. The Balaban J connectivity index is 2.80. The van der Waals surface area contributed by atoms with Crippen LogP contribution in [0.5, 0.6) is 0 Å². The molecule has 0 heterocycles. The van der Waals surface area contributed by atoms with E-state index in [1.807, 2.05) is 85.1 Å². The van der Waals surface area contributed by atoms with E-state index in [0.717, 1.165) is 0 Å². The molecule has 0 saturated heterocycles. The van der Waals surface area contributed by atoms with E-state index in [-0.39, 0.29) is 0 Å². The molecule has 0 fully saturated rings. The standard InChI is InChI=1S/C16H14/c1-2-4-6-8-10-12-14-16-15-13-11-9-7-5-3-1/h1-14H/b2-1?,3-1+,4-2+,5-3?,6-4?,7-5-,8-6+,9-7?,10-8?,11-9+,12-10+,13-11?,14-12?. The lowest BCUT2D eigenvalue weighted by Gasteiger charge is -1.75. The Morgan fingerprint density at radius 2 is 0.562 bits per heavy atom. The van der Waals surface area contributed by atoms with Crippen LogP contribution in [-0.2, 0) is 0 Å². The number of hydrogen-bond acceptors (Lipinski definition) is 0. The number of allylic oxidation sites excluding steroid dienone is 14. The average Bonchev–Trinajstić information content (AvgIpc) is 2.29. The molecule has 0 bridgehead atoms. The fourth-order valence-electron chi connectivity index (χ4n) is 0.945. The summed E-state index contributed by atoms with van der Waals surface area (Å²) in [5.74, 6) is 0. The predicted molar refractivity (Wildman–Crippen MR) is 71.0 cm³/mol. The van der Waals surface area contributed by atoms with Gasteiger partial charge >= 0.3 is 0 Å². The summed E-state index contributed by atoms with van der Waals surface area (Å²) in [5, 5.41) is 0. The molecular weight excluding hydrogens is 192 g/mol. The van der Waals surface area contributed by atoms with Gasteiger partial charge in [0.2, 0.25) is 0 Å². The van der Waals surface area contributed by atoms with Gasteiger partial charge in [-0.25, -0.2) is 0 Å². The molecule has 0 unspecified atom stereocenters. The molecule has 1 aliphatic carbocycles. The van der Waals surface area contributed by atoms with E-state index < -0.39 is 0 Å². The molecule has 0 atom stereocenters. The fraction of sp³-hybridized carbons (Fsp3) is 0. The summed E-state index contributed by atoms with van der Waals surface area (Å²) in [4.78, 5) is 0. The molecule has 16 heavy (non-hydrogen) atoms. The van der Waals surface area contributed by atoms with Crippen molar-refractivity contribution >= 4 is 0 Å². The molecule has 0 aromatic carbocycles. The van der Waals surface area contributed by atoms with Crippen molar-refractivity contribution in [3.8, 4) is 0 Å². The first kappa shape index (κ1) is 11.8. The first-order valence-corrected chi connectivity index (χ1v) is 5.16. The van der Waals surface area contributed by atoms with Crippen LogP contribution in [0.2, 0.25) is 0 Å². The highest BCUT2D eigenvalue weighted by molar-refractivity contribution is 5.21. The van der Waals surface area contributed by atoms with Gasteiger partial charge in [-0.15, -0.1) is 0 Å². The molecule has 0 saturated carbocycles. The second-order valence-corrected chi connectivity index (χ2v) is 2.93. The van der Waals surface area contributed by atoms with Crippen LogP contribution < -0.4 is 0 Å². The summed E-state index contributed by atoms with van der Waals surface area (Å²) in [6.45, 7) is 0. The van der Waals surface area contributed by atoms with Crippen molar-refractivity contribution < 1.29 is 0 Å². The van der Waals surface area contributed by atoms with Crippen molar-refractivity contribution in [1.82, 2.24) is 0 Å². The summed E-state index contributed by atoms with van der Waals surface area (Å²) in [6, 6.07) is 0. The molecule has 78 valence electrons. The molecule has 0 radical (unpaired) electrons. The monoisotopic (exact) mass is 206 g/mol. The van der Waals surface area contributed by atoms with Gasteiger partial charge in [-0.2, -0.15) is 0 Å². The SMILES string of the molecule is C1=C=C/C=C/C=C/C=C/C=C/C=C\C=C\C=1. The molecule has 0 aromatic rings. The maximum absolute atomic E-state index is 2.91. The van der Waals surface area contributed by atoms with Crippen LogP contribution in [0.1, 0.15) is 0 Å². The van der Waals surface area contributed by atoms with E-state index in [1.54, 1.807) is 0 Å². The van der Waals surface area contributed by atoms with E-state index in [2.05, 4.69) is 11.5 Å². The van der Waals surface area contributed by atoms with Crippen LogP contribution in [0.4, 0.5) is 0 Å². The molecule has 0 aromatic heterocycles. The zero-order valence-electron chi connectivity index (χ0n) is 9.08. The lowest BCUT2D eigenvalue weighted by atomic mass is 10.3. The van der Waals surface area contributed by atoms with Crippen molar-refractivity contribution in [3.63, 3.8) is 0 Å². The van der Waals surface area contributed by atoms with Crippen LogP contribution in [0.25, 0.3) is 0 Å². The van der Waals surface area contributed by atoms with Crippen LogP contribution in [-0.4, -0.2) is 0 Å². The van der Waals surface area contributed by atoms with Gasteiger partial charge in [-0.05, 0) is 12.2 Å². The molecule has 0 N–H and O–H groups in total. The minimum Gasteiger partial charge on any atom is -0.0702 e. The van der Waals surface area contributed by atoms with Gasteiger partial charge in [0, 0.05) is 0 Å². The highest BCUT2D eigenvalue weighted by atomic mass is 13.7. The second-order valence-electron chi connectivity index (χ2n) is 2.93. The van der Waals surface area contributed by atoms with Crippen molar-refractivity contribution in [2.45, 2.75) is 0 Å². The number of rotatable bonds is 0.